The van der Waals surface area contributed by atoms with E-state index in [0.29, 0.717) is 12.8 Å². The number of hydrogen-bond acceptors (Lipinski definition) is 9. The summed E-state index contributed by atoms with van der Waals surface area (Å²) in [5, 5.41) is 18.3. The molecule has 0 aromatic heterocycles. The summed E-state index contributed by atoms with van der Waals surface area (Å²) in [5.74, 6) is -1.02. The first-order valence-electron chi connectivity index (χ1n) is 19.6. The molecule has 0 heterocycles. The second-order valence-corrected chi connectivity index (χ2v) is 14.4. The van der Waals surface area contributed by atoms with Crippen LogP contribution in [-0.4, -0.2) is 65.7 Å². The zero-order valence-corrected chi connectivity index (χ0v) is 32.7. The molecule has 0 aliphatic rings. The van der Waals surface area contributed by atoms with Crippen LogP contribution in [0.25, 0.3) is 0 Å². The Morgan fingerprint density at radius 2 is 1.12 bits per heavy atom. The molecule has 0 aromatic carbocycles. The van der Waals surface area contributed by atoms with E-state index in [0.717, 1.165) is 57.8 Å². The number of esters is 2. The molecule has 0 bridgehead atoms. The topological polar surface area (TPSA) is 149 Å². The molecular formula is C40H71O10P. The van der Waals surface area contributed by atoms with E-state index in [-0.39, 0.29) is 19.4 Å². The van der Waals surface area contributed by atoms with Crippen molar-refractivity contribution >= 4 is 19.8 Å². The zero-order chi connectivity index (χ0) is 37.7. The largest absolute Gasteiger partial charge is 0.472 e. The van der Waals surface area contributed by atoms with E-state index in [4.69, 9.17) is 19.1 Å². The van der Waals surface area contributed by atoms with Crippen LogP contribution in [0.1, 0.15) is 155 Å². The van der Waals surface area contributed by atoms with Crippen molar-refractivity contribution in [3.63, 3.8) is 0 Å². The maximum Gasteiger partial charge on any atom is 0.472 e. The van der Waals surface area contributed by atoms with Gasteiger partial charge in [-0.15, -0.1) is 0 Å². The molecule has 0 radical (unpaired) electrons. The van der Waals surface area contributed by atoms with Gasteiger partial charge in [0.1, 0.15) is 12.7 Å². The van der Waals surface area contributed by atoms with Crippen LogP contribution in [0.5, 0.6) is 0 Å². The molecule has 11 heteroatoms. The van der Waals surface area contributed by atoms with Gasteiger partial charge in [0.2, 0.25) is 0 Å². The Morgan fingerprint density at radius 3 is 1.75 bits per heavy atom. The number of phosphoric ester groups is 1. The molecule has 0 saturated heterocycles. The number of phosphoric acid groups is 1. The second-order valence-electron chi connectivity index (χ2n) is 13.0. The van der Waals surface area contributed by atoms with Gasteiger partial charge < -0.3 is 24.6 Å². The van der Waals surface area contributed by atoms with Crippen LogP contribution < -0.4 is 0 Å². The third-order valence-corrected chi connectivity index (χ3v) is 8.95. The summed E-state index contributed by atoms with van der Waals surface area (Å²) in [6.45, 7) is 2.24. The van der Waals surface area contributed by atoms with E-state index in [1.807, 2.05) is 12.2 Å². The van der Waals surface area contributed by atoms with E-state index >= 15 is 0 Å². The number of rotatable bonds is 36. The predicted octanol–water partition coefficient (Wildman–Crippen LogP) is 9.78. The zero-order valence-electron chi connectivity index (χ0n) is 31.8. The van der Waals surface area contributed by atoms with Crippen molar-refractivity contribution in [1.29, 1.82) is 0 Å². The fraction of sp³-hybridized carbons (Fsp3) is 0.750. The first-order chi connectivity index (χ1) is 24.7. The number of hydrogen-bond donors (Lipinski definition) is 3. The van der Waals surface area contributed by atoms with Gasteiger partial charge in [-0.05, 0) is 57.8 Å². The van der Waals surface area contributed by atoms with E-state index in [1.165, 1.54) is 57.8 Å². The van der Waals surface area contributed by atoms with Crippen molar-refractivity contribution < 1.29 is 47.8 Å². The molecule has 3 atom stereocenters. The Labute approximate surface area is 309 Å². The molecular weight excluding hydrogens is 671 g/mol. The molecule has 51 heavy (non-hydrogen) atoms. The minimum absolute atomic E-state index is 0.0743. The highest BCUT2D eigenvalue weighted by molar-refractivity contribution is 7.47. The van der Waals surface area contributed by atoms with Crippen molar-refractivity contribution in [1.82, 2.24) is 0 Å². The van der Waals surface area contributed by atoms with Gasteiger partial charge in [0.25, 0.3) is 0 Å². The number of carbonyl (C=O) groups is 2. The van der Waals surface area contributed by atoms with Gasteiger partial charge in [0.15, 0.2) is 6.10 Å². The van der Waals surface area contributed by atoms with Gasteiger partial charge in [0.05, 0.1) is 19.8 Å². The minimum Gasteiger partial charge on any atom is -0.462 e. The van der Waals surface area contributed by atoms with Crippen LogP contribution in [0, 0.1) is 0 Å². The van der Waals surface area contributed by atoms with Crippen LogP contribution in [0.2, 0.25) is 0 Å². The summed E-state index contributed by atoms with van der Waals surface area (Å²) >= 11 is 0. The Kier molecular flexibility index (Phi) is 34.8. The van der Waals surface area contributed by atoms with Gasteiger partial charge in [-0.2, -0.15) is 0 Å². The van der Waals surface area contributed by atoms with Crippen LogP contribution in [0.3, 0.4) is 0 Å². The third kappa shape index (κ3) is 36.1. The molecule has 2 unspecified atom stereocenters. The third-order valence-electron chi connectivity index (χ3n) is 8.00. The maximum absolute atomic E-state index is 12.5. The Bertz CT molecular complexity index is 994. The quantitative estimate of drug-likeness (QED) is 0.0186. The lowest BCUT2D eigenvalue weighted by Crippen LogP contribution is -2.29. The van der Waals surface area contributed by atoms with Crippen LogP contribution in [0.4, 0.5) is 0 Å². The number of aliphatic hydroxyl groups excluding tert-OH is 2. The average Bonchev–Trinajstić information content (AvgIpc) is 3.12. The van der Waals surface area contributed by atoms with Gasteiger partial charge in [0, 0.05) is 12.8 Å². The number of unbranched alkanes of at least 4 members (excludes halogenated alkanes) is 15. The molecule has 0 fully saturated rings. The van der Waals surface area contributed by atoms with Gasteiger partial charge >= 0.3 is 19.8 Å². The standard InChI is InChI=1S/C40H71O10P/c1-3-5-7-9-11-13-15-17-18-20-21-23-25-27-29-31-39(43)47-35-38(36-49-51(45,46)48-34-37(42)33-41)50-40(44)32-30-28-26-24-22-19-16-14-12-10-8-6-4-2/h11,13,15,17,19,22,26,28,37-38,41-42H,3-10,12,14,16,18,20-21,23-25,27,29-36H2,1-2H3,(H,45,46)/b13-11+,17-15+,22-19+,28-26+/t37-,38?/m0/s1. The molecule has 10 nitrogen and oxygen atoms in total. The second kappa shape index (κ2) is 36.3. The Balaban J connectivity index is 4.45. The Hall–Kier alpha value is -2.07. The molecule has 0 rings (SSSR count). The fourth-order valence-corrected chi connectivity index (χ4v) is 5.71. The highest BCUT2D eigenvalue weighted by Gasteiger charge is 2.27. The summed E-state index contributed by atoms with van der Waals surface area (Å²) in [6, 6.07) is 0. The monoisotopic (exact) mass is 742 g/mol. The fourth-order valence-electron chi connectivity index (χ4n) is 4.92. The SMILES string of the molecule is CCCCC/C=C/C=C/CCCCCCCCC(=O)OCC(COP(=O)(O)OC[C@@H](O)CO)OC(=O)CC/C=C/C/C=C/CCCCCCCC. The number of aliphatic hydroxyl groups is 2. The molecule has 0 aliphatic heterocycles. The van der Waals surface area contributed by atoms with E-state index in [1.54, 1.807) is 0 Å². The molecule has 0 amide bonds. The first-order valence-corrected chi connectivity index (χ1v) is 21.1. The first kappa shape index (κ1) is 48.9. The van der Waals surface area contributed by atoms with Gasteiger partial charge in [-0.1, -0.05) is 133 Å². The molecule has 0 spiro atoms. The van der Waals surface area contributed by atoms with E-state index < -0.39 is 51.8 Å². The lowest BCUT2D eigenvalue weighted by molar-refractivity contribution is -0.161. The van der Waals surface area contributed by atoms with Crippen LogP contribution in [-0.2, 0) is 32.7 Å². The average molecular weight is 743 g/mol. The Morgan fingerprint density at radius 1 is 0.608 bits per heavy atom. The minimum atomic E-state index is -4.63. The van der Waals surface area contributed by atoms with Crippen molar-refractivity contribution in [2.45, 2.75) is 167 Å². The summed E-state index contributed by atoms with van der Waals surface area (Å²) in [6.07, 6.45) is 36.7. The highest BCUT2D eigenvalue weighted by atomic mass is 31.2. The maximum atomic E-state index is 12.5. The van der Waals surface area contributed by atoms with Crippen molar-refractivity contribution in [3.8, 4) is 0 Å². The molecule has 0 aliphatic carbocycles. The molecule has 0 saturated carbocycles. The van der Waals surface area contributed by atoms with E-state index in [9.17, 15) is 24.2 Å². The van der Waals surface area contributed by atoms with Crippen molar-refractivity contribution in [3.05, 3.63) is 48.6 Å². The summed E-state index contributed by atoms with van der Waals surface area (Å²) in [4.78, 5) is 34.8. The molecule has 0 aromatic rings. The smallest absolute Gasteiger partial charge is 0.462 e. The van der Waals surface area contributed by atoms with Crippen molar-refractivity contribution in [2.75, 3.05) is 26.4 Å². The van der Waals surface area contributed by atoms with Gasteiger partial charge in [-0.25, -0.2) is 4.57 Å². The number of allylic oxidation sites excluding steroid dienone is 8. The molecule has 3 N–H and O–H groups in total. The lowest BCUT2D eigenvalue weighted by atomic mass is 10.1. The summed E-state index contributed by atoms with van der Waals surface area (Å²) in [7, 11) is -4.63. The lowest BCUT2D eigenvalue weighted by Gasteiger charge is -2.20. The van der Waals surface area contributed by atoms with E-state index in [2.05, 4.69) is 54.8 Å². The van der Waals surface area contributed by atoms with Crippen LogP contribution in [0.15, 0.2) is 48.6 Å². The molecule has 296 valence electrons. The van der Waals surface area contributed by atoms with Crippen molar-refractivity contribution in [2.24, 2.45) is 0 Å². The summed E-state index contributed by atoms with van der Waals surface area (Å²) < 4.78 is 32.5. The normalized spacial score (nSPS) is 14.5. The summed E-state index contributed by atoms with van der Waals surface area (Å²) in [5.41, 5.74) is 0. The predicted molar refractivity (Wildman–Crippen MR) is 205 cm³/mol. The highest BCUT2D eigenvalue weighted by Crippen LogP contribution is 2.43. The number of carbonyl (C=O) groups excluding carboxylic acids is 2. The van der Waals surface area contributed by atoms with Gasteiger partial charge in [-0.3, -0.25) is 18.6 Å². The van der Waals surface area contributed by atoms with Crippen LogP contribution >= 0.6 is 7.82 Å². The number of ether oxygens (including phenoxy) is 2.